The Morgan fingerprint density at radius 2 is 1.91 bits per heavy atom. The smallest absolute Gasteiger partial charge is 0.251 e. The zero-order valence-electron chi connectivity index (χ0n) is 13.0. The quantitative estimate of drug-likeness (QED) is 0.829. The van der Waals surface area contributed by atoms with Gasteiger partial charge in [-0.2, -0.15) is 0 Å². The van der Waals surface area contributed by atoms with E-state index in [2.05, 4.69) is 10.2 Å². The molecular formula is C18H21FN2O. The summed E-state index contributed by atoms with van der Waals surface area (Å²) in [4.78, 5) is 14.1. The van der Waals surface area contributed by atoms with Crippen molar-refractivity contribution >= 4 is 11.6 Å². The van der Waals surface area contributed by atoms with Crippen LogP contribution in [0.3, 0.4) is 0 Å². The molecule has 1 N–H and O–H groups in total. The Morgan fingerprint density at radius 3 is 2.59 bits per heavy atom. The van der Waals surface area contributed by atoms with Gasteiger partial charge in [0.05, 0.1) is 0 Å². The molecule has 0 aliphatic carbocycles. The third-order valence-corrected chi connectivity index (χ3v) is 3.59. The number of hydrogen-bond acceptors (Lipinski definition) is 2. The highest BCUT2D eigenvalue weighted by atomic mass is 19.1. The lowest BCUT2D eigenvalue weighted by molar-refractivity contribution is 0.0953. The molecule has 0 fully saturated rings. The first-order valence-corrected chi connectivity index (χ1v) is 7.38. The average molecular weight is 300 g/mol. The van der Waals surface area contributed by atoms with E-state index in [-0.39, 0.29) is 11.7 Å². The van der Waals surface area contributed by atoms with Crippen molar-refractivity contribution in [2.75, 3.05) is 25.0 Å². The molecule has 0 saturated carbocycles. The largest absolute Gasteiger partial charge is 0.375 e. The number of nitrogens with one attached hydrogen (secondary N) is 1. The SMILES string of the molecule is Cc1ccc(C(=O)NCCCN(C)c2ccccc2)cc1F. The van der Waals surface area contributed by atoms with Crippen molar-refractivity contribution in [3.63, 3.8) is 0 Å². The van der Waals surface area contributed by atoms with E-state index in [4.69, 9.17) is 0 Å². The first kappa shape index (κ1) is 16.0. The zero-order valence-corrected chi connectivity index (χ0v) is 13.0. The van der Waals surface area contributed by atoms with E-state index in [0.29, 0.717) is 17.7 Å². The second-order valence-electron chi connectivity index (χ2n) is 5.33. The number of carbonyl (C=O) groups is 1. The Bertz CT molecular complexity index is 628. The van der Waals surface area contributed by atoms with Gasteiger partial charge in [-0.1, -0.05) is 24.3 Å². The number of para-hydroxylation sites is 1. The Kier molecular flexibility index (Phi) is 5.53. The highest BCUT2D eigenvalue weighted by Gasteiger charge is 2.07. The van der Waals surface area contributed by atoms with E-state index in [1.807, 2.05) is 37.4 Å². The van der Waals surface area contributed by atoms with Crippen molar-refractivity contribution < 1.29 is 9.18 Å². The molecule has 0 atom stereocenters. The number of amides is 1. The van der Waals surface area contributed by atoms with Crippen LogP contribution in [0.2, 0.25) is 0 Å². The fraction of sp³-hybridized carbons (Fsp3) is 0.278. The molecule has 2 aromatic rings. The second kappa shape index (κ2) is 7.59. The van der Waals surface area contributed by atoms with Gasteiger partial charge in [-0.25, -0.2) is 4.39 Å². The first-order chi connectivity index (χ1) is 10.6. The van der Waals surface area contributed by atoms with E-state index < -0.39 is 0 Å². The van der Waals surface area contributed by atoms with Gasteiger partial charge in [0.15, 0.2) is 0 Å². The van der Waals surface area contributed by atoms with E-state index >= 15 is 0 Å². The lowest BCUT2D eigenvalue weighted by Gasteiger charge is -2.19. The number of hydrogen-bond donors (Lipinski definition) is 1. The summed E-state index contributed by atoms with van der Waals surface area (Å²) >= 11 is 0. The summed E-state index contributed by atoms with van der Waals surface area (Å²) in [6.07, 6.45) is 0.825. The van der Waals surface area contributed by atoms with Crippen LogP contribution in [0, 0.1) is 12.7 Å². The van der Waals surface area contributed by atoms with Gasteiger partial charge in [0.25, 0.3) is 5.91 Å². The minimum atomic E-state index is -0.350. The Morgan fingerprint density at radius 1 is 1.18 bits per heavy atom. The maximum atomic E-state index is 13.4. The fourth-order valence-electron chi connectivity index (χ4n) is 2.17. The van der Waals surface area contributed by atoms with Gasteiger partial charge in [0.1, 0.15) is 5.82 Å². The number of halogens is 1. The normalized spacial score (nSPS) is 10.3. The highest BCUT2D eigenvalue weighted by molar-refractivity contribution is 5.94. The molecule has 4 heteroatoms. The summed E-state index contributed by atoms with van der Waals surface area (Å²) in [5.74, 6) is -0.585. The predicted molar refractivity (Wildman–Crippen MR) is 87.8 cm³/mol. The van der Waals surface area contributed by atoms with Gasteiger partial charge < -0.3 is 10.2 Å². The van der Waals surface area contributed by atoms with Crippen molar-refractivity contribution in [2.45, 2.75) is 13.3 Å². The van der Waals surface area contributed by atoms with Gasteiger partial charge >= 0.3 is 0 Å². The van der Waals surface area contributed by atoms with Gasteiger partial charge in [-0.3, -0.25) is 4.79 Å². The van der Waals surface area contributed by atoms with Crippen molar-refractivity contribution in [1.29, 1.82) is 0 Å². The number of benzene rings is 2. The van der Waals surface area contributed by atoms with Crippen LogP contribution in [-0.2, 0) is 0 Å². The molecule has 116 valence electrons. The van der Waals surface area contributed by atoms with E-state index in [0.717, 1.165) is 18.7 Å². The molecule has 0 bridgehead atoms. The van der Waals surface area contributed by atoms with Gasteiger partial charge in [-0.05, 0) is 43.2 Å². The monoisotopic (exact) mass is 300 g/mol. The fourth-order valence-corrected chi connectivity index (χ4v) is 2.17. The van der Waals surface area contributed by atoms with Crippen LogP contribution in [0.1, 0.15) is 22.3 Å². The van der Waals surface area contributed by atoms with Crippen LogP contribution in [0.4, 0.5) is 10.1 Å². The zero-order chi connectivity index (χ0) is 15.9. The number of anilines is 1. The van der Waals surface area contributed by atoms with Crippen LogP contribution in [0.15, 0.2) is 48.5 Å². The summed E-state index contributed by atoms with van der Waals surface area (Å²) in [6.45, 7) is 3.08. The molecule has 0 radical (unpaired) electrons. The molecule has 0 aliphatic rings. The first-order valence-electron chi connectivity index (χ1n) is 7.38. The number of aryl methyl sites for hydroxylation is 1. The standard InChI is InChI=1S/C18H21FN2O/c1-14-9-10-15(13-17(14)19)18(22)20-11-6-12-21(2)16-7-4-3-5-8-16/h3-5,7-10,13H,6,11-12H2,1-2H3,(H,20,22). The number of rotatable bonds is 6. The minimum absolute atomic E-state index is 0.235. The molecule has 0 heterocycles. The van der Waals surface area contributed by atoms with Crippen LogP contribution in [0.25, 0.3) is 0 Å². The summed E-state index contributed by atoms with van der Waals surface area (Å²) < 4.78 is 13.4. The predicted octanol–water partition coefficient (Wildman–Crippen LogP) is 3.39. The Balaban J connectivity index is 1.76. The van der Waals surface area contributed by atoms with E-state index in [1.165, 1.54) is 6.07 Å². The summed E-state index contributed by atoms with van der Waals surface area (Å²) in [5, 5.41) is 2.82. The Labute approximate surface area is 130 Å². The van der Waals surface area contributed by atoms with Crippen molar-refractivity contribution in [3.05, 3.63) is 65.5 Å². The molecule has 1 amide bonds. The van der Waals surface area contributed by atoms with E-state index in [1.54, 1.807) is 19.1 Å². The molecule has 22 heavy (non-hydrogen) atoms. The molecule has 3 nitrogen and oxygen atoms in total. The summed E-state index contributed by atoms with van der Waals surface area (Å²) in [6, 6.07) is 14.6. The highest BCUT2D eigenvalue weighted by Crippen LogP contribution is 2.11. The minimum Gasteiger partial charge on any atom is -0.375 e. The molecule has 2 rings (SSSR count). The molecule has 0 spiro atoms. The summed E-state index contributed by atoms with van der Waals surface area (Å²) in [5.41, 5.74) is 2.05. The topological polar surface area (TPSA) is 32.3 Å². The molecule has 0 unspecified atom stereocenters. The number of nitrogens with zero attached hydrogens (tertiary/aromatic N) is 1. The van der Waals surface area contributed by atoms with Gasteiger partial charge in [-0.15, -0.1) is 0 Å². The summed E-state index contributed by atoms with van der Waals surface area (Å²) in [7, 11) is 2.02. The van der Waals surface area contributed by atoms with Gasteiger partial charge in [0, 0.05) is 31.4 Å². The third kappa shape index (κ3) is 4.32. The molecule has 0 aliphatic heterocycles. The van der Waals surface area contributed by atoms with E-state index in [9.17, 15) is 9.18 Å². The van der Waals surface area contributed by atoms with Crippen molar-refractivity contribution in [1.82, 2.24) is 5.32 Å². The average Bonchev–Trinajstić information content (AvgIpc) is 2.54. The maximum absolute atomic E-state index is 13.4. The van der Waals surface area contributed by atoms with Crippen LogP contribution in [0.5, 0.6) is 0 Å². The molecule has 0 saturated heterocycles. The van der Waals surface area contributed by atoms with Crippen LogP contribution in [-0.4, -0.2) is 26.0 Å². The molecule has 0 aromatic heterocycles. The maximum Gasteiger partial charge on any atom is 0.251 e. The van der Waals surface area contributed by atoms with Crippen LogP contribution >= 0.6 is 0 Å². The number of carbonyl (C=O) groups excluding carboxylic acids is 1. The van der Waals surface area contributed by atoms with Gasteiger partial charge in [0.2, 0.25) is 0 Å². The van der Waals surface area contributed by atoms with Crippen LogP contribution < -0.4 is 10.2 Å². The third-order valence-electron chi connectivity index (χ3n) is 3.59. The van der Waals surface area contributed by atoms with Crippen molar-refractivity contribution in [2.24, 2.45) is 0 Å². The lowest BCUT2D eigenvalue weighted by atomic mass is 10.1. The molecular weight excluding hydrogens is 279 g/mol. The second-order valence-corrected chi connectivity index (χ2v) is 5.33. The van der Waals surface area contributed by atoms with Crippen molar-refractivity contribution in [3.8, 4) is 0 Å². The lowest BCUT2D eigenvalue weighted by Crippen LogP contribution is -2.28. The molecule has 2 aromatic carbocycles. The Hall–Kier alpha value is -2.36.